The van der Waals surface area contributed by atoms with Gasteiger partial charge >= 0.3 is 7.32 Å². The largest absolute Gasteiger partial charge is 0.713 e. The van der Waals surface area contributed by atoms with Crippen molar-refractivity contribution < 1.29 is 14.0 Å². The van der Waals surface area contributed by atoms with E-state index in [1.165, 1.54) is 25.7 Å². The highest BCUT2D eigenvalue weighted by atomic mass is 16.7. The van der Waals surface area contributed by atoms with Crippen molar-refractivity contribution in [1.82, 2.24) is 0 Å². The molecular formula is C16H27BO3. The van der Waals surface area contributed by atoms with Crippen LogP contribution in [0.15, 0.2) is 30.3 Å². The predicted octanol–water partition coefficient (Wildman–Crippen LogP) is 4.46. The van der Waals surface area contributed by atoms with E-state index in [1.807, 2.05) is 30.3 Å². The SMILES string of the molecule is CCCCCOB(OCCCCC)Oc1ccccc1. The van der Waals surface area contributed by atoms with Gasteiger partial charge in [0.15, 0.2) is 0 Å². The molecule has 1 rings (SSSR count). The van der Waals surface area contributed by atoms with Crippen molar-refractivity contribution in [3.05, 3.63) is 30.3 Å². The second-order valence-electron chi connectivity index (χ2n) is 4.88. The van der Waals surface area contributed by atoms with Crippen LogP contribution in [0.4, 0.5) is 0 Å². The molecule has 0 bridgehead atoms. The fourth-order valence-corrected chi connectivity index (χ4v) is 1.79. The summed E-state index contributed by atoms with van der Waals surface area (Å²) in [5.74, 6) is 0.781. The molecule has 112 valence electrons. The van der Waals surface area contributed by atoms with Crippen molar-refractivity contribution in [1.29, 1.82) is 0 Å². The Morgan fingerprint density at radius 2 is 1.35 bits per heavy atom. The van der Waals surface area contributed by atoms with Gasteiger partial charge in [-0.3, -0.25) is 0 Å². The molecule has 0 amide bonds. The molecule has 0 fully saturated rings. The molecule has 0 radical (unpaired) electrons. The van der Waals surface area contributed by atoms with Gasteiger partial charge in [-0.1, -0.05) is 57.7 Å². The van der Waals surface area contributed by atoms with E-state index < -0.39 is 7.32 Å². The zero-order chi connectivity index (χ0) is 14.5. The first kappa shape index (κ1) is 17.1. The Labute approximate surface area is 123 Å². The van der Waals surface area contributed by atoms with Crippen molar-refractivity contribution in [2.75, 3.05) is 13.2 Å². The zero-order valence-corrected chi connectivity index (χ0v) is 12.8. The van der Waals surface area contributed by atoms with Gasteiger partial charge < -0.3 is 14.0 Å². The normalized spacial score (nSPS) is 10.5. The van der Waals surface area contributed by atoms with Gasteiger partial charge in [0, 0.05) is 13.2 Å². The third kappa shape index (κ3) is 8.23. The summed E-state index contributed by atoms with van der Waals surface area (Å²) in [5, 5.41) is 0. The molecule has 0 N–H and O–H groups in total. The van der Waals surface area contributed by atoms with Gasteiger partial charge in [0.2, 0.25) is 0 Å². The van der Waals surface area contributed by atoms with Crippen molar-refractivity contribution in [2.24, 2.45) is 0 Å². The van der Waals surface area contributed by atoms with Crippen molar-refractivity contribution in [3.8, 4) is 5.75 Å². The van der Waals surface area contributed by atoms with Crippen LogP contribution in [0.2, 0.25) is 0 Å². The Hall–Kier alpha value is -0.995. The highest BCUT2D eigenvalue weighted by Crippen LogP contribution is 2.11. The second kappa shape index (κ2) is 11.8. The molecule has 4 heteroatoms. The predicted molar refractivity (Wildman–Crippen MR) is 83.8 cm³/mol. The third-order valence-electron chi connectivity index (χ3n) is 2.98. The maximum Gasteiger partial charge on any atom is 0.713 e. The molecule has 0 heterocycles. The second-order valence-corrected chi connectivity index (χ2v) is 4.88. The Bertz CT molecular complexity index is 307. The summed E-state index contributed by atoms with van der Waals surface area (Å²) in [6, 6.07) is 9.68. The molecule has 0 aliphatic carbocycles. The molecule has 3 nitrogen and oxygen atoms in total. The van der Waals surface area contributed by atoms with E-state index in [0.717, 1.165) is 18.6 Å². The summed E-state index contributed by atoms with van der Waals surface area (Å²) < 4.78 is 17.1. The first-order chi connectivity index (χ1) is 9.86. The van der Waals surface area contributed by atoms with Crippen molar-refractivity contribution >= 4 is 7.32 Å². The Morgan fingerprint density at radius 1 is 0.800 bits per heavy atom. The van der Waals surface area contributed by atoms with Gasteiger partial charge in [-0.2, -0.15) is 0 Å². The van der Waals surface area contributed by atoms with Gasteiger partial charge in [-0.15, -0.1) is 0 Å². The summed E-state index contributed by atoms with van der Waals surface area (Å²) >= 11 is 0. The summed E-state index contributed by atoms with van der Waals surface area (Å²) in [5.41, 5.74) is 0. The highest BCUT2D eigenvalue weighted by Gasteiger charge is 2.23. The lowest BCUT2D eigenvalue weighted by molar-refractivity contribution is 0.135. The number of unbranched alkanes of at least 4 members (excludes halogenated alkanes) is 4. The average Bonchev–Trinajstić information content (AvgIpc) is 2.49. The van der Waals surface area contributed by atoms with Gasteiger partial charge in [0.1, 0.15) is 5.75 Å². The van der Waals surface area contributed by atoms with E-state index in [4.69, 9.17) is 14.0 Å². The van der Waals surface area contributed by atoms with Gasteiger partial charge in [-0.05, 0) is 25.0 Å². The number of benzene rings is 1. The van der Waals surface area contributed by atoms with Crippen LogP contribution >= 0.6 is 0 Å². The Kier molecular flexibility index (Phi) is 10.1. The van der Waals surface area contributed by atoms with Crippen LogP contribution in [0.5, 0.6) is 5.75 Å². The average molecular weight is 278 g/mol. The molecule has 1 aromatic rings. The molecule has 0 saturated carbocycles. The maximum atomic E-state index is 5.73. The Balaban J connectivity index is 2.33. The lowest BCUT2D eigenvalue weighted by Crippen LogP contribution is -2.31. The molecular weight excluding hydrogens is 251 g/mol. The molecule has 1 aromatic carbocycles. The standard InChI is InChI=1S/C16H27BO3/c1-3-5-10-14-18-17(19-15-11-6-4-2)20-16-12-8-7-9-13-16/h7-9,12-13H,3-6,10-11,14-15H2,1-2H3. The van der Waals surface area contributed by atoms with Gasteiger partial charge in [0.25, 0.3) is 0 Å². The zero-order valence-electron chi connectivity index (χ0n) is 12.8. The minimum atomic E-state index is -0.592. The Morgan fingerprint density at radius 3 is 1.85 bits per heavy atom. The molecule has 0 aliphatic heterocycles. The number of rotatable bonds is 12. The summed E-state index contributed by atoms with van der Waals surface area (Å²) in [4.78, 5) is 0. The van der Waals surface area contributed by atoms with Crippen molar-refractivity contribution in [3.63, 3.8) is 0 Å². The monoisotopic (exact) mass is 278 g/mol. The van der Waals surface area contributed by atoms with Crippen molar-refractivity contribution in [2.45, 2.75) is 52.4 Å². The van der Waals surface area contributed by atoms with Crippen LogP contribution in [0.1, 0.15) is 52.4 Å². The lowest BCUT2D eigenvalue weighted by Gasteiger charge is -2.15. The van der Waals surface area contributed by atoms with E-state index in [-0.39, 0.29) is 0 Å². The van der Waals surface area contributed by atoms with Gasteiger partial charge in [0.05, 0.1) is 0 Å². The number of hydrogen-bond donors (Lipinski definition) is 0. The molecule has 0 unspecified atom stereocenters. The van der Waals surface area contributed by atoms with Crippen LogP contribution in [0, 0.1) is 0 Å². The smallest absolute Gasteiger partial charge is 0.512 e. The van der Waals surface area contributed by atoms with Crippen LogP contribution < -0.4 is 4.65 Å². The fourth-order valence-electron chi connectivity index (χ4n) is 1.79. The van der Waals surface area contributed by atoms with Crippen LogP contribution in [-0.4, -0.2) is 20.5 Å². The van der Waals surface area contributed by atoms with E-state index in [2.05, 4.69) is 13.8 Å². The molecule has 0 saturated heterocycles. The van der Waals surface area contributed by atoms with E-state index >= 15 is 0 Å². The summed E-state index contributed by atoms with van der Waals surface area (Å²) in [6.45, 7) is 5.72. The minimum Gasteiger partial charge on any atom is -0.512 e. The van der Waals surface area contributed by atoms with E-state index in [1.54, 1.807) is 0 Å². The molecule has 0 aliphatic rings. The third-order valence-corrected chi connectivity index (χ3v) is 2.98. The topological polar surface area (TPSA) is 27.7 Å². The van der Waals surface area contributed by atoms with Crippen LogP contribution in [0.25, 0.3) is 0 Å². The molecule has 0 spiro atoms. The fraction of sp³-hybridized carbons (Fsp3) is 0.625. The van der Waals surface area contributed by atoms with E-state index in [9.17, 15) is 0 Å². The number of para-hydroxylation sites is 1. The van der Waals surface area contributed by atoms with Gasteiger partial charge in [-0.25, -0.2) is 0 Å². The quantitative estimate of drug-likeness (QED) is 0.417. The number of hydrogen-bond acceptors (Lipinski definition) is 3. The lowest BCUT2D eigenvalue weighted by atomic mass is 10.2. The first-order valence-electron chi connectivity index (χ1n) is 7.81. The summed E-state index contributed by atoms with van der Waals surface area (Å²) in [6.07, 6.45) is 6.81. The van der Waals surface area contributed by atoms with E-state index in [0.29, 0.717) is 13.2 Å². The van der Waals surface area contributed by atoms with Crippen LogP contribution in [-0.2, 0) is 9.31 Å². The van der Waals surface area contributed by atoms with Crippen LogP contribution in [0.3, 0.4) is 0 Å². The maximum absolute atomic E-state index is 5.73. The molecule has 0 aromatic heterocycles. The molecule has 20 heavy (non-hydrogen) atoms. The summed E-state index contributed by atoms with van der Waals surface area (Å²) in [7, 11) is -0.592. The molecule has 0 atom stereocenters. The minimum absolute atomic E-state index is 0.592. The first-order valence-corrected chi connectivity index (χ1v) is 7.81. The highest BCUT2D eigenvalue weighted by molar-refractivity contribution is 6.37.